The molecule has 2 fully saturated rings. The molecule has 3 atom stereocenters. The summed E-state index contributed by atoms with van der Waals surface area (Å²) in [7, 11) is 0. The topological polar surface area (TPSA) is 185 Å². The molecule has 0 bridgehead atoms. The molecule has 15 heteroatoms. The van der Waals surface area contributed by atoms with Gasteiger partial charge in [0.1, 0.15) is 17.3 Å². The molecule has 2 aliphatic heterocycles. The van der Waals surface area contributed by atoms with Crippen LogP contribution in [-0.2, 0) is 33.4 Å². The summed E-state index contributed by atoms with van der Waals surface area (Å²) in [4.78, 5) is 72.2. The lowest BCUT2D eigenvalue weighted by molar-refractivity contribution is -0.146. The number of rotatable bonds is 25. The van der Waals surface area contributed by atoms with Gasteiger partial charge in [0.2, 0.25) is 5.91 Å². The minimum Gasteiger partial charge on any atom is -0.482 e. The van der Waals surface area contributed by atoms with Crippen molar-refractivity contribution in [1.29, 1.82) is 0 Å². The standard InChI is InChI=1S/C34H49N3O11S/c1-3-45-31(41)20-47-25-17-23(18-26(19-25)48-21-32(42)46-4-2)28(39)11-7-14-35-30(40)13-16-44-15-8-10-24(38)9-5-6-12-29-33-27(22-49-29)36-34(43)37-33/h17-19,27,29,33H,3-16,20-22H2,1-2H3,(H,35,40)(H2,36,37,43)/t27-,29-,33-/m0/s1. The van der Waals surface area contributed by atoms with E-state index in [-0.39, 0.29) is 105 Å². The van der Waals surface area contributed by atoms with Crippen molar-refractivity contribution in [3.63, 3.8) is 0 Å². The molecule has 0 saturated carbocycles. The third-order valence-electron chi connectivity index (χ3n) is 7.78. The number of nitrogens with one attached hydrogen (secondary N) is 3. The monoisotopic (exact) mass is 707 g/mol. The predicted octanol–water partition coefficient (Wildman–Crippen LogP) is 3.13. The molecule has 1 aromatic rings. The minimum atomic E-state index is -0.570. The molecule has 2 heterocycles. The number of urea groups is 1. The van der Waals surface area contributed by atoms with Crippen LogP contribution >= 0.6 is 11.8 Å². The van der Waals surface area contributed by atoms with Crippen LogP contribution in [-0.4, -0.2) is 105 Å². The zero-order valence-corrected chi connectivity index (χ0v) is 29.2. The van der Waals surface area contributed by atoms with E-state index in [1.54, 1.807) is 13.8 Å². The molecule has 0 unspecified atom stereocenters. The maximum Gasteiger partial charge on any atom is 0.344 e. The number of fused-ring (bicyclic) bond motifs is 1. The van der Waals surface area contributed by atoms with Gasteiger partial charge in [-0.15, -0.1) is 0 Å². The molecule has 0 aromatic heterocycles. The molecule has 0 radical (unpaired) electrons. The van der Waals surface area contributed by atoms with E-state index in [9.17, 15) is 28.8 Å². The maximum atomic E-state index is 12.9. The Morgan fingerprint density at radius 3 is 2.16 bits per heavy atom. The zero-order valence-electron chi connectivity index (χ0n) is 28.4. The van der Waals surface area contributed by atoms with Crippen LogP contribution in [0.4, 0.5) is 4.79 Å². The average Bonchev–Trinajstić information content (AvgIpc) is 3.63. The normalized spacial score (nSPS) is 17.8. The summed E-state index contributed by atoms with van der Waals surface area (Å²) in [6.45, 7) is 3.95. The Hall–Kier alpha value is -3.85. The summed E-state index contributed by atoms with van der Waals surface area (Å²) >= 11 is 1.88. The van der Waals surface area contributed by atoms with Crippen molar-refractivity contribution in [2.75, 3.05) is 51.9 Å². The molecule has 2 saturated heterocycles. The molecule has 3 rings (SSSR count). The number of ketones is 2. The molecule has 272 valence electrons. The van der Waals surface area contributed by atoms with Gasteiger partial charge in [0, 0.05) is 61.5 Å². The highest BCUT2D eigenvalue weighted by molar-refractivity contribution is 8.00. The third kappa shape index (κ3) is 15.1. The summed E-state index contributed by atoms with van der Waals surface area (Å²) in [6.07, 6.45) is 5.05. The second-order valence-electron chi connectivity index (χ2n) is 11.6. The first-order chi connectivity index (χ1) is 23.7. The van der Waals surface area contributed by atoms with Gasteiger partial charge in [0.05, 0.1) is 31.9 Å². The number of benzene rings is 1. The van der Waals surface area contributed by atoms with Crippen LogP contribution in [0.1, 0.15) is 82.0 Å². The van der Waals surface area contributed by atoms with Gasteiger partial charge < -0.3 is 39.6 Å². The van der Waals surface area contributed by atoms with Crippen LogP contribution in [0.15, 0.2) is 18.2 Å². The lowest BCUT2D eigenvalue weighted by atomic mass is 10.0. The molecule has 2 aliphatic rings. The van der Waals surface area contributed by atoms with Crippen molar-refractivity contribution < 1.29 is 52.5 Å². The third-order valence-corrected chi connectivity index (χ3v) is 9.29. The predicted molar refractivity (Wildman–Crippen MR) is 181 cm³/mol. The first kappa shape index (κ1) is 39.6. The number of thioether (sulfide) groups is 1. The Bertz CT molecular complexity index is 1240. The van der Waals surface area contributed by atoms with E-state index in [4.69, 9.17) is 23.7 Å². The van der Waals surface area contributed by atoms with Gasteiger partial charge in [-0.05, 0) is 51.7 Å². The fourth-order valence-corrected chi connectivity index (χ4v) is 6.92. The van der Waals surface area contributed by atoms with E-state index in [2.05, 4.69) is 16.0 Å². The van der Waals surface area contributed by atoms with E-state index >= 15 is 0 Å². The smallest absolute Gasteiger partial charge is 0.344 e. The fourth-order valence-electron chi connectivity index (χ4n) is 5.37. The number of amides is 3. The largest absolute Gasteiger partial charge is 0.482 e. The number of carbonyl (C=O) groups excluding carboxylic acids is 6. The Morgan fingerprint density at radius 2 is 1.49 bits per heavy atom. The average molecular weight is 708 g/mol. The Morgan fingerprint density at radius 1 is 0.816 bits per heavy atom. The van der Waals surface area contributed by atoms with Gasteiger partial charge >= 0.3 is 18.0 Å². The number of unbranched alkanes of at least 4 members (excludes halogenated alkanes) is 1. The number of hydrogen-bond donors (Lipinski definition) is 3. The minimum absolute atomic E-state index is 0.0825. The van der Waals surface area contributed by atoms with E-state index in [1.807, 2.05) is 11.8 Å². The molecule has 0 spiro atoms. The van der Waals surface area contributed by atoms with Gasteiger partial charge in [0.15, 0.2) is 19.0 Å². The molecular formula is C34H49N3O11S. The van der Waals surface area contributed by atoms with Gasteiger partial charge in [-0.25, -0.2) is 14.4 Å². The zero-order chi connectivity index (χ0) is 35.4. The lowest BCUT2D eigenvalue weighted by Gasteiger charge is -2.16. The van der Waals surface area contributed by atoms with Gasteiger partial charge in [0.25, 0.3) is 0 Å². The van der Waals surface area contributed by atoms with E-state index in [0.717, 1.165) is 25.0 Å². The van der Waals surface area contributed by atoms with Crippen molar-refractivity contribution in [1.82, 2.24) is 16.0 Å². The molecule has 3 amide bonds. The summed E-state index contributed by atoms with van der Waals surface area (Å²) in [5.41, 5.74) is 0.262. The van der Waals surface area contributed by atoms with Crippen molar-refractivity contribution in [3.8, 4) is 11.5 Å². The van der Waals surface area contributed by atoms with Crippen molar-refractivity contribution >= 4 is 47.2 Å². The van der Waals surface area contributed by atoms with Crippen molar-refractivity contribution in [3.05, 3.63) is 23.8 Å². The van der Waals surface area contributed by atoms with Crippen LogP contribution in [0.5, 0.6) is 11.5 Å². The maximum absolute atomic E-state index is 12.9. The fraction of sp³-hybridized carbons (Fsp3) is 0.647. The Balaban J connectivity index is 1.24. The number of ether oxygens (including phenoxy) is 5. The van der Waals surface area contributed by atoms with Gasteiger partial charge in [-0.2, -0.15) is 11.8 Å². The Labute approximate surface area is 291 Å². The van der Waals surface area contributed by atoms with Crippen LogP contribution in [0, 0.1) is 0 Å². The highest BCUT2D eigenvalue weighted by Crippen LogP contribution is 2.33. The first-order valence-corrected chi connectivity index (χ1v) is 18.0. The second-order valence-corrected chi connectivity index (χ2v) is 12.9. The quantitative estimate of drug-likeness (QED) is 0.0585. The SMILES string of the molecule is CCOC(=O)COc1cc(OCC(=O)OCC)cc(C(=O)CCCNC(=O)CCOCCCC(=O)CCCC[C@@H]2SC[C@@H]3NC(=O)N[C@@H]32)c1. The van der Waals surface area contributed by atoms with Crippen LogP contribution in [0.3, 0.4) is 0 Å². The number of hydrogen-bond acceptors (Lipinski definition) is 12. The summed E-state index contributed by atoms with van der Waals surface area (Å²) in [5.74, 6) is -0.0431. The van der Waals surface area contributed by atoms with Gasteiger partial charge in [-0.1, -0.05) is 6.42 Å². The van der Waals surface area contributed by atoms with Crippen molar-refractivity contribution in [2.24, 2.45) is 0 Å². The highest BCUT2D eigenvalue weighted by Gasteiger charge is 2.42. The second kappa shape index (κ2) is 22.0. The van der Waals surface area contributed by atoms with Crippen molar-refractivity contribution in [2.45, 2.75) is 89.0 Å². The summed E-state index contributed by atoms with van der Waals surface area (Å²) in [5, 5.41) is 9.11. The first-order valence-electron chi connectivity index (χ1n) is 17.0. The van der Waals surface area contributed by atoms with Crippen LogP contribution in [0.2, 0.25) is 0 Å². The summed E-state index contributed by atoms with van der Waals surface area (Å²) in [6, 6.07) is 4.74. The Kier molecular flexibility index (Phi) is 17.8. The van der Waals surface area contributed by atoms with E-state index < -0.39 is 11.9 Å². The lowest BCUT2D eigenvalue weighted by Crippen LogP contribution is -2.36. The highest BCUT2D eigenvalue weighted by atomic mass is 32.2. The van der Waals surface area contributed by atoms with E-state index in [0.29, 0.717) is 37.5 Å². The molecule has 14 nitrogen and oxygen atoms in total. The number of esters is 2. The summed E-state index contributed by atoms with van der Waals surface area (Å²) < 4.78 is 26.2. The molecule has 1 aromatic carbocycles. The van der Waals surface area contributed by atoms with E-state index in [1.165, 1.54) is 18.2 Å². The van der Waals surface area contributed by atoms with Gasteiger partial charge in [-0.3, -0.25) is 14.4 Å². The molecular weight excluding hydrogens is 658 g/mol. The molecule has 3 N–H and O–H groups in total. The van der Waals surface area contributed by atoms with Crippen LogP contribution < -0.4 is 25.4 Å². The number of carbonyl (C=O) groups is 6. The molecule has 49 heavy (non-hydrogen) atoms. The molecule has 0 aliphatic carbocycles. The van der Waals surface area contributed by atoms with Crippen LogP contribution in [0.25, 0.3) is 0 Å². The number of Topliss-reactive ketones (excluding diaryl/α,β-unsaturated/α-hetero) is 2.